The molecular weight excluding hydrogens is 365 g/mol. The van der Waals surface area contributed by atoms with E-state index >= 15 is 0 Å². The van der Waals surface area contributed by atoms with Gasteiger partial charge in [-0.3, -0.25) is 20.0 Å². The second kappa shape index (κ2) is 7.42. The summed E-state index contributed by atoms with van der Waals surface area (Å²) in [6.45, 7) is 1.49. The first kappa shape index (κ1) is 18.6. The van der Waals surface area contributed by atoms with E-state index in [9.17, 15) is 28.1 Å². The summed E-state index contributed by atoms with van der Waals surface area (Å²) in [7, 11) is 0. The number of nitro groups is 1. The Bertz CT molecular complexity index is 777. The number of aromatic amines is 1. The molecule has 1 heterocycles. The average molecular weight is 376 g/mol. The van der Waals surface area contributed by atoms with E-state index in [0.717, 1.165) is 23.9 Å². The summed E-state index contributed by atoms with van der Waals surface area (Å²) < 4.78 is 39.9. The Hall–Kier alpha value is -2.76. The van der Waals surface area contributed by atoms with Crippen LogP contribution in [0.5, 0.6) is 5.75 Å². The zero-order valence-electron chi connectivity index (χ0n) is 12.6. The maximum Gasteiger partial charge on any atom is 0.573 e. The predicted octanol–water partition coefficient (Wildman–Crippen LogP) is 3.26. The van der Waals surface area contributed by atoms with Crippen LogP contribution in [0.15, 0.2) is 29.3 Å². The smallest absolute Gasteiger partial charge is 0.406 e. The van der Waals surface area contributed by atoms with Crippen LogP contribution in [0.1, 0.15) is 5.69 Å². The molecule has 134 valence electrons. The first-order chi connectivity index (χ1) is 11.7. The molecule has 0 aliphatic heterocycles. The standard InChI is InChI=1S/C13H11F3N4O4S/c1-7-11(20(22)23)12(19-18-7)25-6-10(21)17-8-2-4-9(5-3-8)24-13(14,15)16/h2-5H,6H2,1H3,(H,17,21)(H,18,19). The molecule has 12 heteroatoms. The Morgan fingerprint density at radius 1 is 1.40 bits per heavy atom. The molecule has 2 N–H and O–H groups in total. The van der Waals surface area contributed by atoms with Gasteiger partial charge in [-0.2, -0.15) is 5.10 Å². The van der Waals surface area contributed by atoms with Gasteiger partial charge >= 0.3 is 12.0 Å². The summed E-state index contributed by atoms with van der Waals surface area (Å²) in [6, 6.07) is 4.59. The molecule has 0 aliphatic rings. The second-order valence-corrected chi connectivity index (χ2v) is 5.63. The lowest BCUT2D eigenvalue weighted by Crippen LogP contribution is -2.17. The van der Waals surface area contributed by atoms with Crippen LogP contribution in [0.3, 0.4) is 0 Å². The predicted molar refractivity (Wildman–Crippen MR) is 82.5 cm³/mol. The second-order valence-electron chi connectivity index (χ2n) is 4.67. The van der Waals surface area contributed by atoms with Gasteiger partial charge in [0, 0.05) is 5.69 Å². The Morgan fingerprint density at radius 2 is 2.04 bits per heavy atom. The highest BCUT2D eigenvalue weighted by molar-refractivity contribution is 8.00. The highest BCUT2D eigenvalue weighted by Crippen LogP contribution is 2.29. The number of H-pyrrole nitrogens is 1. The Balaban J connectivity index is 1.91. The largest absolute Gasteiger partial charge is 0.573 e. The third kappa shape index (κ3) is 5.38. The van der Waals surface area contributed by atoms with Gasteiger partial charge in [-0.1, -0.05) is 11.8 Å². The molecule has 25 heavy (non-hydrogen) atoms. The van der Waals surface area contributed by atoms with Crippen molar-refractivity contribution in [2.24, 2.45) is 0 Å². The monoisotopic (exact) mass is 376 g/mol. The normalized spacial score (nSPS) is 11.2. The van der Waals surface area contributed by atoms with E-state index in [-0.39, 0.29) is 27.8 Å². The number of ether oxygens (including phenoxy) is 1. The van der Waals surface area contributed by atoms with Gasteiger partial charge < -0.3 is 10.1 Å². The summed E-state index contributed by atoms with van der Waals surface area (Å²) in [4.78, 5) is 22.1. The number of amides is 1. The first-order valence-electron chi connectivity index (χ1n) is 6.63. The van der Waals surface area contributed by atoms with E-state index in [1.165, 1.54) is 19.1 Å². The number of anilines is 1. The lowest BCUT2D eigenvalue weighted by Gasteiger charge is -2.09. The zero-order chi connectivity index (χ0) is 18.6. The molecule has 1 aromatic heterocycles. The molecule has 8 nitrogen and oxygen atoms in total. The number of carbonyl (C=O) groups excluding carboxylic acids is 1. The van der Waals surface area contributed by atoms with Crippen molar-refractivity contribution in [3.63, 3.8) is 0 Å². The highest BCUT2D eigenvalue weighted by Gasteiger charge is 2.31. The van der Waals surface area contributed by atoms with Crippen LogP contribution in [0, 0.1) is 17.0 Å². The Kier molecular flexibility index (Phi) is 5.51. The molecule has 2 aromatic rings. The summed E-state index contributed by atoms with van der Waals surface area (Å²) in [5.41, 5.74) is 0.326. The topological polar surface area (TPSA) is 110 Å². The van der Waals surface area contributed by atoms with Gasteiger partial charge in [-0.05, 0) is 31.2 Å². The van der Waals surface area contributed by atoms with Crippen LogP contribution in [0.25, 0.3) is 0 Å². The van der Waals surface area contributed by atoms with E-state index < -0.39 is 22.9 Å². The molecule has 2 rings (SSSR count). The summed E-state index contributed by atoms with van der Waals surface area (Å²) in [6.07, 6.45) is -4.79. The number of hydrogen-bond acceptors (Lipinski definition) is 6. The number of rotatable bonds is 6. The molecule has 0 fully saturated rings. The van der Waals surface area contributed by atoms with Gasteiger partial charge in [0.2, 0.25) is 5.91 Å². The minimum absolute atomic E-state index is 0.0755. The molecule has 0 spiro atoms. The lowest BCUT2D eigenvalue weighted by molar-refractivity contribution is -0.388. The Labute approximate surface area is 142 Å². The van der Waals surface area contributed by atoms with Crippen LogP contribution >= 0.6 is 11.8 Å². The van der Waals surface area contributed by atoms with E-state index in [0.29, 0.717) is 0 Å². The summed E-state index contributed by atoms with van der Waals surface area (Å²) in [5.74, 6) is -1.07. The Morgan fingerprint density at radius 3 is 2.60 bits per heavy atom. The van der Waals surface area contributed by atoms with E-state index in [1.807, 2.05) is 0 Å². The first-order valence-corrected chi connectivity index (χ1v) is 7.62. The van der Waals surface area contributed by atoms with E-state index in [1.54, 1.807) is 0 Å². The van der Waals surface area contributed by atoms with Gasteiger partial charge in [0.15, 0.2) is 5.03 Å². The zero-order valence-corrected chi connectivity index (χ0v) is 13.4. The molecule has 0 aliphatic carbocycles. The van der Waals surface area contributed by atoms with Crippen molar-refractivity contribution in [3.05, 3.63) is 40.1 Å². The number of aryl methyl sites for hydroxylation is 1. The number of carbonyl (C=O) groups is 1. The van der Waals surface area contributed by atoms with Gasteiger partial charge in [-0.25, -0.2) is 0 Å². The van der Waals surface area contributed by atoms with Crippen molar-refractivity contribution >= 4 is 29.0 Å². The number of hydrogen-bond donors (Lipinski definition) is 2. The van der Waals surface area contributed by atoms with Crippen molar-refractivity contribution in [3.8, 4) is 5.75 Å². The minimum atomic E-state index is -4.79. The van der Waals surface area contributed by atoms with Crippen LogP contribution in [0.4, 0.5) is 24.5 Å². The summed E-state index contributed by atoms with van der Waals surface area (Å²) >= 11 is 0.865. The SMILES string of the molecule is Cc1[nH]nc(SCC(=O)Nc2ccc(OC(F)(F)F)cc2)c1[N+](=O)[O-]. The van der Waals surface area contributed by atoms with Crippen LogP contribution in [-0.4, -0.2) is 33.1 Å². The summed E-state index contributed by atoms with van der Waals surface area (Å²) in [5, 5.41) is 19.7. The quantitative estimate of drug-likeness (QED) is 0.455. The van der Waals surface area contributed by atoms with Crippen molar-refractivity contribution in [2.45, 2.75) is 18.3 Å². The molecule has 0 unspecified atom stereocenters. The molecule has 0 saturated heterocycles. The van der Waals surface area contributed by atoms with Crippen molar-refractivity contribution in [1.82, 2.24) is 10.2 Å². The lowest BCUT2D eigenvalue weighted by atomic mass is 10.3. The molecule has 0 saturated carbocycles. The van der Waals surface area contributed by atoms with Crippen LogP contribution < -0.4 is 10.1 Å². The van der Waals surface area contributed by atoms with Gasteiger partial charge in [0.05, 0.1) is 10.7 Å². The molecule has 1 aromatic carbocycles. The number of nitrogens with one attached hydrogen (secondary N) is 2. The minimum Gasteiger partial charge on any atom is -0.406 e. The number of alkyl halides is 3. The van der Waals surface area contributed by atoms with Gasteiger partial charge in [-0.15, -0.1) is 13.2 Å². The fourth-order valence-electron chi connectivity index (χ4n) is 1.79. The average Bonchev–Trinajstić information content (AvgIpc) is 2.87. The third-order valence-corrected chi connectivity index (χ3v) is 3.74. The number of aromatic nitrogens is 2. The maximum absolute atomic E-state index is 12.1. The molecule has 0 bridgehead atoms. The van der Waals surface area contributed by atoms with Crippen molar-refractivity contribution in [1.29, 1.82) is 0 Å². The maximum atomic E-state index is 12.1. The highest BCUT2D eigenvalue weighted by atomic mass is 32.2. The van der Waals surface area contributed by atoms with Crippen molar-refractivity contribution < 1.29 is 27.6 Å². The van der Waals surface area contributed by atoms with Crippen molar-refractivity contribution in [2.75, 3.05) is 11.1 Å². The van der Waals surface area contributed by atoms with E-state index in [2.05, 4.69) is 20.3 Å². The fraction of sp³-hybridized carbons (Fsp3) is 0.231. The number of benzene rings is 1. The van der Waals surface area contributed by atoms with Crippen LogP contribution in [0.2, 0.25) is 0 Å². The van der Waals surface area contributed by atoms with Gasteiger partial charge in [0.1, 0.15) is 11.4 Å². The van der Waals surface area contributed by atoms with E-state index in [4.69, 9.17) is 0 Å². The third-order valence-electron chi connectivity index (χ3n) is 2.78. The van der Waals surface area contributed by atoms with Gasteiger partial charge in [0.25, 0.3) is 0 Å². The number of thioether (sulfide) groups is 1. The van der Waals surface area contributed by atoms with Crippen LogP contribution in [-0.2, 0) is 4.79 Å². The fourth-order valence-corrected chi connectivity index (χ4v) is 2.60. The molecule has 0 atom stereocenters. The molecular formula is C13H11F3N4O4S. The number of halogens is 3. The molecule has 1 amide bonds. The molecule has 0 radical (unpaired) electrons. The number of nitrogens with zero attached hydrogens (tertiary/aromatic N) is 2.